The van der Waals surface area contributed by atoms with Crippen LogP contribution < -0.4 is 5.43 Å². The average molecular weight is 325 g/mol. The van der Waals surface area contributed by atoms with Crippen molar-refractivity contribution in [3.63, 3.8) is 0 Å². The fraction of sp³-hybridized carbons (Fsp3) is 0.0667. The molecule has 2 aromatic rings. The molecule has 0 aliphatic heterocycles. The van der Waals surface area contributed by atoms with Crippen LogP contribution in [0.1, 0.15) is 22.8 Å². The molecule has 0 saturated heterocycles. The van der Waals surface area contributed by atoms with E-state index >= 15 is 0 Å². The molecule has 0 aromatic heterocycles. The fourth-order valence-electron chi connectivity index (χ4n) is 1.72. The Morgan fingerprint density at radius 3 is 2.64 bits per heavy atom. The van der Waals surface area contributed by atoms with Crippen LogP contribution in [0.15, 0.2) is 41.5 Å². The number of hydrogen-bond donors (Lipinski definition) is 2. The zero-order valence-electron chi connectivity index (χ0n) is 11.4. The lowest BCUT2D eigenvalue weighted by molar-refractivity contribution is 0.0697. The van der Waals surface area contributed by atoms with Crippen LogP contribution in [-0.2, 0) is 0 Å². The fourth-order valence-corrected chi connectivity index (χ4v) is 1.88. The Labute approximate surface area is 130 Å². The maximum Gasteiger partial charge on any atom is 0.335 e. The van der Waals surface area contributed by atoms with Gasteiger partial charge in [-0.3, -0.25) is 5.43 Å². The van der Waals surface area contributed by atoms with Gasteiger partial charge in [0.2, 0.25) is 0 Å². The molecule has 0 aliphatic carbocycles. The Morgan fingerprint density at radius 2 is 1.95 bits per heavy atom. The summed E-state index contributed by atoms with van der Waals surface area (Å²) in [4.78, 5) is 10.9. The first kappa shape index (κ1) is 15.9. The lowest BCUT2D eigenvalue weighted by Gasteiger charge is -2.07. The molecule has 0 radical (unpaired) electrons. The molecule has 0 aliphatic rings. The van der Waals surface area contributed by atoms with E-state index in [0.29, 0.717) is 0 Å². The summed E-state index contributed by atoms with van der Waals surface area (Å²) in [6.07, 6.45) is 0. The number of hydrazone groups is 1. The molecule has 2 rings (SSSR count). The second kappa shape index (κ2) is 6.53. The number of nitrogens with zero attached hydrogens (tertiary/aromatic N) is 1. The number of anilines is 1. The molecular weight excluding hydrogens is 314 g/mol. The van der Waals surface area contributed by atoms with Crippen LogP contribution in [0.4, 0.5) is 14.5 Å². The first-order chi connectivity index (χ1) is 10.4. The third-order valence-electron chi connectivity index (χ3n) is 2.88. The number of aromatic carboxylic acids is 1. The second-order valence-corrected chi connectivity index (χ2v) is 4.84. The van der Waals surface area contributed by atoms with E-state index in [1.807, 2.05) is 0 Å². The van der Waals surface area contributed by atoms with E-state index in [-0.39, 0.29) is 27.5 Å². The lowest BCUT2D eigenvalue weighted by Crippen LogP contribution is -2.04. The maximum atomic E-state index is 13.6. The van der Waals surface area contributed by atoms with E-state index < -0.39 is 17.6 Å². The van der Waals surface area contributed by atoms with Gasteiger partial charge in [-0.1, -0.05) is 11.6 Å². The van der Waals surface area contributed by atoms with E-state index in [2.05, 4.69) is 10.5 Å². The SMILES string of the molecule is C/C(=N/Nc1cc(C(=O)O)ccc1Cl)c1cc(F)ccc1F. The molecule has 2 aromatic carbocycles. The summed E-state index contributed by atoms with van der Waals surface area (Å²) in [5.41, 5.74) is 3.02. The summed E-state index contributed by atoms with van der Waals surface area (Å²) in [6, 6.07) is 7.07. The summed E-state index contributed by atoms with van der Waals surface area (Å²) in [5.74, 6) is -2.32. The zero-order valence-corrected chi connectivity index (χ0v) is 12.2. The van der Waals surface area contributed by atoms with Gasteiger partial charge in [0.05, 0.1) is 22.0 Å². The number of nitrogens with one attached hydrogen (secondary N) is 1. The first-order valence-corrected chi connectivity index (χ1v) is 6.55. The predicted molar refractivity (Wildman–Crippen MR) is 80.6 cm³/mol. The van der Waals surface area contributed by atoms with Crippen LogP contribution in [0.3, 0.4) is 0 Å². The summed E-state index contributed by atoms with van der Waals surface area (Å²) in [6.45, 7) is 1.49. The largest absolute Gasteiger partial charge is 0.478 e. The molecule has 22 heavy (non-hydrogen) atoms. The van der Waals surface area contributed by atoms with Crippen molar-refractivity contribution in [3.05, 3.63) is 64.2 Å². The minimum atomic E-state index is -1.11. The van der Waals surface area contributed by atoms with Gasteiger partial charge in [-0.05, 0) is 43.3 Å². The molecule has 0 amide bonds. The Morgan fingerprint density at radius 1 is 1.23 bits per heavy atom. The van der Waals surface area contributed by atoms with Crippen molar-refractivity contribution in [2.75, 3.05) is 5.43 Å². The number of halogens is 3. The highest BCUT2D eigenvalue weighted by atomic mass is 35.5. The van der Waals surface area contributed by atoms with Gasteiger partial charge in [-0.25, -0.2) is 13.6 Å². The number of rotatable bonds is 4. The molecule has 0 unspecified atom stereocenters. The highest BCUT2D eigenvalue weighted by Gasteiger charge is 2.09. The maximum absolute atomic E-state index is 13.6. The Hall–Kier alpha value is -2.47. The van der Waals surface area contributed by atoms with E-state index in [1.165, 1.54) is 25.1 Å². The summed E-state index contributed by atoms with van der Waals surface area (Å²) < 4.78 is 26.8. The van der Waals surface area contributed by atoms with Crippen molar-refractivity contribution >= 4 is 29.0 Å². The molecule has 4 nitrogen and oxygen atoms in total. The smallest absolute Gasteiger partial charge is 0.335 e. The normalized spacial score (nSPS) is 11.4. The van der Waals surface area contributed by atoms with Gasteiger partial charge in [0, 0.05) is 5.56 Å². The van der Waals surface area contributed by atoms with Crippen molar-refractivity contribution in [3.8, 4) is 0 Å². The third kappa shape index (κ3) is 3.59. The lowest BCUT2D eigenvalue weighted by atomic mass is 10.1. The summed E-state index contributed by atoms with van der Waals surface area (Å²) in [7, 11) is 0. The highest BCUT2D eigenvalue weighted by Crippen LogP contribution is 2.23. The minimum Gasteiger partial charge on any atom is -0.478 e. The van der Waals surface area contributed by atoms with Crippen LogP contribution in [0.25, 0.3) is 0 Å². The molecule has 2 N–H and O–H groups in total. The van der Waals surface area contributed by atoms with E-state index in [4.69, 9.17) is 16.7 Å². The van der Waals surface area contributed by atoms with Gasteiger partial charge >= 0.3 is 5.97 Å². The quantitative estimate of drug-likeness (QED) is 0.656. The first-order valence-electron chi connectivity index (χ1n) is 6.17. The van der Waals surface area contributed by atoms with Crippen molar-refractivity contribution in [2.24, 2.45) is 5.10 Å². The van der Waals surface area contributed by atoms with Crippen LogP contribution in [-0.4, -0.2) is 16.8 Å². The number of carboxylic acid groups (broad SMARTS) is 1. The van der Waals surface area contributed by atoms with Gasteiger partial charge in [0.15, 0.2) is 0 Å². The molecule has 0 spiro atoms. The average Bonchev–Trinajstić information content (AvgIpc) is 2.48. The van der Waals surface area contributed by atoms with Crippen LogP contribution in [0, 0.1) is 11.6 Å². The summed E-state index contributed by atoms with van der Waals surface area (Å²) >= 11 is 5.93. The van der Waals surface area contributed by atoms with Gasteiger partial charge < -0.3 is 5.11 Å². The van der Waals surface area contributed by atoms with Crippen molar-refractivity contribution < 1.29 is 18.7 Å². The molecule has 0 saturated carbocycles. The highest BCUT2D eigenvalue weighted by molar-refractivity contribution is 6.33. The number of benzene rings is 2. The Kier molecular flexibility index (Phi) is 4.72. The molecule has 0 heterocycles. The van der Waals surface area contributed by atoms with Crippen LogP contribution in [0.5, 0.6) is 0 Å². The molecule has 114 valence electrons. The predicted octanol–water partition coefficient (Wildman–Crippen LogP) is 4.15. The van der Waals surface area contributed by atoms with Gasteiger partial charge in [-0.15, -0.1) is 0 Å². The zero-order chi connectivity index (χ0) is 16.3. The topological polar surface area (TPSA) is 61.7 Å². The van der Waals surface area contributed by atoms with Crippen LogP contribution in [0.2, 0.25) is 5.02 Å². The van der Waals surface area contributed by atoms with Crippen molar-refractivity contribution in [1.82, 2.24) is 0 Å². The van der Waals surface area contributed by atoms with Crippen LogP contribution >= 0.6 is 11.6 Å². The molecular formula is C15H11ClF2N2O2. The monoisotopic (exact) mass is 324 g/mol. The van der Waals surface area contributed by atoms with Gasteiger partial charge in [-0.2, -0.15) is 5.10 Å². The Balaban J connectivity index is 2.29. The second-order valence-electron chi connectivity index (χ2n) is 4.43. The molecule has 0 atom stereocenters. The summed E-state index contributed by atoms with van der Waals surface area (Å²) in [5, 5.41) is 13.1. The van der Waals surface area contributed by atoms with Crippen molar-refractivity contribution in [1.29, 1.82) is 0 Å². The number of carbonyl (C=O) groups is 1. The minimum absolute atomic E-state index is 0.00184. The van der Waals surface area contributed by atoms with Crippen molar-refractivity contribution in [2.45, 2.75) is 6.92 Å². The molecule has 7 heteroatoms. The van der Waals surface area contributed by atoms with E-state index in [1.54, 1.807) is 0 Å². The van der Waals surface area contributed by atoms with E-state index in [9.17, 15) is 13.6 Å². The number of hydrogen-bond acceptors (Lipinski definition) is 3. The molecule has 0 fully saturated rings. The van der Waals surface area contributed by atoms with Gasteiger partial charge in [0.25, 0.3) is 0 Å². The van der Waals surface area contributed by atoms with Gasteiger partial charge in [0.1, 0.15) is 11.6 Å². The Bertz CT molecular complexity index is 763. The standard InChI is InChI=1S/C15H11ClF2N2O2/c1-8(11-7-10(17)3-5-13(11)18)19-20-14-6-9(15(21)22)2-4-12(14)16/h2-7,20H,1H3,(H,21,22)/b19-8-. The molecule has 0 bridgehead atoms. The number of carboxylic acids is 1. The van der Waals surface area contributed by atoms with E-state index in [0.717, 1.165) is 18.2 Å². The third-order valence-corrected chi connectivity index (χ3v) is 3.21.